The lowest BCUT2D eigenvalue weighted by atomic mass is 9.85. The Bertz CT molecular complexity index is 1150. The van der Waals surface area contributed by atoms with Gasteiger partial charge in [-0.1, -0.05) is 47.5 Å². The van der Waals surface area contributed by atoms with Crippen LogP contribution >= 0.6 is 0 Å². The van der Waals surface area contributed by atoms with E-state index in [1.165, 1.54) is 5.69 Å². The molecule has 5 rings (SSSR count). The molecule has 1 amide bonds. The third-order valence-electron chi connectivity index (χ3n) is 7.32. The standard InChI is InChI=1S/C28H34N4O/c1-20(2)31-16-25-26(23-9-6-5-7-10-23)29-19-32(25)28(18-31)11-8-12-30(17-28)27(33)24-14-21(3)13-22(4)15-24/h5-7,9-10,13-15,19-20H,8,11-12,16-18H2,1-4H3. The second-order valence-corrected chi connectivity index (χ2v) is 10.2. The van der Waals surface area contributed by atoms with Crippen molar-refractivity contribution < 1.29 is 4.79 Å². The van der Waals surface area contributed by atoms with Gasteiger partial charge >= 0.3 is 0 Å². The van der Waals surface area contributed by atoms with Crippen molar-refractivity contribution in [2.24, 2.45) is 0 Å². The minimum atomic E-state index is -0.148. The number of rotatable bonds is 3. The number of likely N-dealkylation sites (tertiary alicyclic amines) is 1. The molecule has 3 heterocycles. The first kappa shape index (κ1) is 21.9. The summed E-state index contributed by atoms with van der Waals surface area (Å²) >= 11 is 0. The Labute approximate surface area is 197 Å². The zero-order chi connectivity index (χ0) is 23.2. The molecule has 1 fully saturated rings. The highest BCUT2D eigenvalue weighted by Crippen LogP contribution is 2.39. The van der Waals surface area contributed by atoms with Crippen LogP contribution in [0.15, 0.2) is 54.9 Å². The Balaban J connectivity index is 1.53. The van der Waals surface area contributed by atoms with Gasteiger partial charge in [-0.25, -0.2) is 4.98 Å². The number of nitrogens with zero attached hydrogens (tertiary/aromatic N) is 4. The number of fused-ring (bicyclic) bond motifs is 2. The number of imidazole rings is 1. The second-order valence-electron chi connectivity index (χ2n) is 10.2. The second kappa shape index (κ2) is 8.45. The van der Waals surface area contributed by atoms with Gasteiger partial charge in [0.2, 0.25) is 0 Å². The fourth-order valence-corrected chi connectivity index (χ4v) is 5.73. The van der Waals surface area contributed by atoms with E-state index >= 15 is 0 Å². The van der Waals surface area contributed by atoms with Gasteiger partial charge in [-0.3, -0.25) is 9.69 Å². The van der Waals surface area contributed by atoms with Crippen molar-refractivity contribution in [2.45, 2.75) is 58.7 Å². The third-order valence-corrected chi connectivity index (χ3v) is 7.32. The molecule has 0 saturated carbocycles. The average molecular weight is 443 g/mol. The van der Waals surface area contributed by atoms with Gasteiger partial charge in [0.1, 0.15) is 0 Å². The van der Waals surface area contributed by atoms with Gasteiger partial charge in [-0.2, -0.15) is 0 Å². The van der Waals surface area contributed by atoms with Crippen LogP contribution in [0.1, 0.15) is 53.9 Å². The Hall–Kier alpha value is -2.92. The zero-order valence-corrected chi connectivity index (χ0v) is 20.2. The first-order chi connectivity index (χ1) is 15.9. The summed E-state index contributed by atoms with van der Waals surface area (Å²) in [4.78, 5) is 23.1. The van der Waals surface area contributed by atoms with Crippen molar-refractivity contribution in [3.63, 3.8) is 0 Å². The minimum Gasteiger partial charge on any atom is -0.336 e. The van der Waals surface area contributed by atoms with Crippen molar-refractivity contribution in [1.29, 1.82) is 0 Å². The van der Waals surface area contributed by atoms with E-state index in [0.717, 1.165) is 67.0 Å². The summed E-state index contributed by atoms with van der Waals surface area (Å²) in [5.74, 6) is 0.146. The molecule has 172 valence electrons. The van der Waals surface area contributed by atoms with Gasteiger partial charge in [0.05, 0.1) is 23.3 Å². The molecule has 5 nitrogen and oxygen atoms in total. The third kappa shape index (κ3) is 3.99. The Morgan fingerprint density at radius 2 is 1.76 bits per heavy atom. The van der Waals surface area contributed by atoms with E-state index in [1.54, 1.807) is 0 Å². The molecule has 1 unspecified atom stereocenters. The van der Waals surface area contributed by atoms with Gasteiger partial charge in [0.25, 0.3) is 5.91 Å². The number of aryl methyl sites for hydroxylation is 2. The van der Waals surface area contributed by atoms with E-state index in [1.807, 2.05) is 24.5 Å². The SMILES string of the molecule is Cc1cc(C)cc(C(=O)N2CCCC3(C2)CN(C(C)C)Cc2c(-c4ccccc4)ncn23)c1. The number of aromatic nitrogens is 2. The fraction of sp³-hybridized carbons (Fsp3) is 0.429. The molecular weight excluding hydrogens is 408 g/mol. The highest BCUT2D eigenvalue weighted by atomic mass is 16.2. The summed E-state index contributed by atoms with van der Waals surface area (Å²) in [5.41, 5.74) is 6.42. The first-order valence-electron chi connectivity index (χ1n) is 12.1. The van der Waals surface area contributed by atoms with Gasteiger partial charge in [0.15, 0.2) is 0 Å². The molecular formula is C28H34N4O. The number of hydrogen-bond donors (Lipinski definition) is 0. The molecule has 0 N–H and O–H groups in total. The van der Waals surface area contributed by atoms with Gasteiger partial charge in [-0.05, 0) is 52.7 Å². The summed E-state index contributed by atoms with van der Waals surface area (Å²) < 4.78 is 2.41. The summed E-state index contributed by atoms with van der Waals surface area (Å²) in [7, 11) is 0. The highest BCUT2D eigenvalue weighted by molar-refractivity contribution is 5.94. The largest absolute Gasteiger partial charge is 0.336 e. The van der Waals surface area contributed by atoms with Crippen molar-refractivity contribution >= 4 is 5.91 Å². The molecule has 1 atom stereocenters. The number of carbonyl (C=O) groups excluding carboxylic acids is 1. The van der Waals surface area contributed by atoms with Crippen LogP contribution in [0.3, 0.4) is 0 Å². The van der Waals surface area contributed by atoms with Crippen molar-refractivity contribution in [3.8, 4) is 11.3 Å². The van der Waals surface area contributed by atoms with Crippen LogP contribution < -0.4 is 0 Å². The lowest BCUT2D eigenvalue weighted by Gasteiger charge is -2.50. The maximum Gasteiger partial charge on any atom is 0.253 e. The molecule has 0 radical (unpaired) electrons. The topological polar surface area (TPSA) is 41.4 Å². The van der Waals surface area contributed by atoms with Crippen molar-refractivity contribution in [1.82, 2.24) is 19.4 Å². The normalized spacial score (nSPS) is 20.9. The minimum absolute atomic E-state index is 0.146. The average Bonchev–Trinajstić information content (AvgIpc) is 3.24. The maximum absolute atomic E-state index is 13.6. The fourth-order valence-electron chi connectivity index (χ4n) is 5.73. The Morgan fingerprint density at radius 1 is 1.03 bits per heavy atom. The molecule has 2 aliphatic heterocycles. The number of carbonyl (C=O) groups is 1. The molecule has 1 spiro atoms. The van der Waals surface area contributed by atoms with E-state index < -0.39 is 0 Å². The Kier molecular flexibility index (Phi) is 5.61. The van der Waals surface area contributed by atoms with Gasteiger partial charge in [0, 0.05) is 43.3 Å². The summed E-state index contributed by atoms with van der Waals surface area (Å²) in [6.45, 7) is 12.0. The molecule has 5 heteroatoms. The van der Waals surface area contributed by atoms with E-state index in [9.17, 15) is 4.79 Å². The maximum atomic E-state index is 13.6. The summed E-state index contributed by atoms with van der Waals surface area (Å²) in [6.07, 6.45) is 4.09. The molecule has 0 bridgehead atoms. The van der Waals surface area contributed by atoms with Crippen LogP contribution in [-0.2, 0) is 12.1 Å². The predicted molar refractivity (Wildman–Crippen MR) is 132 cm³/mol. The van der Waals surface area contributed by atoms with E-state index in [4.69, 9.17) is 4.98 Å². The van der Waals surface area contributed by atoms with Crippen LogP contribution in [0, 0.1) is 13.8 Å². The zero-order valence-electron chi connectivity index (χ0n) is 20.2. The smallest absolute Gasteiger partial charge is 0.253 e. The lowest BCUT2D eigenvalue weighted by molar-refractivity contribution is 0.0179. The van der Waals surface area contributed by atoms with Crippen molar-refractivity contribution in [3.05, 3.63) is 77.2 Å². The number of piperidine rings is 1. The molecule has 1 saturated heterocycles. The molecule has 33 heavy (non-hydrogen) atoms. The number of amides is 1. The van der Waals surface area contributed by atoms with Gasteiger partial charge < -0.3 is 9.47 Å². The quantitative estimate of drug-likeness (QED) is 0.572. The first-order valence-corrected chi connectivity index (χ1v) is 12.1. The number of benzene rings is 2. The Morgan fingerprint density at radius 3 is 2.45 bits per heavy atom. The highest BCUT2D eigenvalue weighted by Gasteiger charge is 2.45. The van der Waals surface area contributed by atoms with Gasteiger partial charge in [-0.15, -0.1) is 0 Å². The monoisotopic (exact) mass is 442 g/mol. The van der Waals surface area contributed by atoms with Crippen LogP contribution in [0.5, 0.6) is 0 Å². The van der Waals surface area contributed by atoms with Crippen LogP contribution in [-0.4, -0.2) is 50.9 Å². The predicted octanol–water partition coefficient (Wildman–Crippen LogP) is 5.02. The molecule has 3 aromatic rings. The van der Waals surface area contributed by atoms with Crippen LogP contribution in [0.2, 0.25) is 0 Å². The summed E-state index contributed by atoms with van der Waals surface area (Å²) in [5, 5.41) is 0. The van der Waals surface area contributed by atoms with E-state index in [0.29, 0.717) is 6.04 Å². The summed E-state index contributed by atoms with van der Waals surface area (Å²) in [6, 6.07) is 17.1. The van der Waals surface area contributed by atoms with Crippen LogP contribution in [0.25, 0.3) is 11.3 Å². The van der Waals surface area contributed by atoms with Crippen molar-refractivity contribution in [2.75, 3.05) is 19.6 Å². The molecule has 1 aromatic heterocycles. The molecule has 2 aliphatic rings. The van der Waals surface area contributed by atoms with Crippen LogP contribution in [0.4, 0.5) is 0 Å². The molecule has 0 aliphatic carbocycles. The number of hydrogen-bond acceptors (Lipinski definition) is 3. The molecule has 2 aromatic carbocycles. The van der Waals surface area contributed by atoms with E-state index in [2.05, 4.69) is 72.4 Å². The van der Waals surface area contributed by atoms with E-state index in [-0.39, 0.29) is 11.4 Å². The lowest BCUT2D eigenvalue weighted by Crippen LogP contribution is -2.60.